The molecular formula is C13H20ClNO. The van der Waals surface area contributed by atoms with E-state index in [0.717, 1.165) is 35.6 Å². The number of ether oxygens (including phenoxy) is 1. The van der Waals surface area contributed by atoms with Gasteiger partial charge < -0.3 is 10.5 Å². The van der Waals surface area contributed by atoms with Gasteiger partial charge in [0.15, 0.2) is 0 Å². The third-order valence-corrected chi connectivity index (χ3v) is 2.69. The molecule has 0 aliphatic heterocycles. The average Bonchev–Trinajstić information content (AvgIpc) is 2.23. The van der Waals surface area contributed by atoms with E-state index < -0.39 is 0 Å². The summed E-state index contributed by atoms with van der Waals surface area (Å²) in [4.78, 5) is 0. The molecule has 3 heteroatoms. The Morgan fingerprint density at radius 1 is 1.44 bits per heavy atom. The highest BCUT2D eigenvalue weighted by Gasteiger charge is 2.08. The standard InChI is InChI=1S/C13H20ClNO/c1-3-4-10(2)16-13-6-5-12(14)9-11(13)7-8-15/h5-6,9-10H,3-4,7-8,15H2,1-2H3. The Morgan fingerprint density at radius 2 is 2.19 bits per heavy atom. The van der Waals surface area contributed by atoms with Crippen LogP contribution in [0.4, 0.5) is 0 Å². The zero-order valence-electron chi connectivity index (χ0n) is 10.0. The fourth-order valence-electron chi connectivity index (χ4n) is 1.70. The lowest BCUT2D eigenvalue weighted by Crippen LogP contribution is -2.13. The summed E-state index contributed by atoms with van der Waals surface area (Å²) in [6.45, 7) is 4.85. The maximum absolute atomic E-state index is 5.95. The fraction of sp³-hybridized carbons (Fsp3) is 0.538. The van der Waals surface area contributed by atoms with Crippen LogP contribution < -0.4 is 10.5 Å². The molecule has 1 unspecified atom stereocenters. The van der Waals surface area contributed by atoms with Crippen LogP contribution in [0.5, 0.6) is 5.75 Å². The molecule has 2 nitrogen and oxygen atoms in total. The molecule has 0 saturated heterocycles. The van der Waals surface area contributed by atoms with Gasteiger partial charge in [-0.3, -0.25) is 0 Å². The summed E-state index contributed by atoms with van der Waals surface area (Å²) in [5, 5.41) is 0.735. The molecule has 0 aliphatic carbocycles. The lowest BCUT2D eigenvalue weighted by atomic mass is 10.1. The topological polar surface area (TPSA) is 35.2 Å². The summed E-state index contributed by atoms with van der Waals surface area (Å²) in [5.41, 5.74) is 6.67. The summed E-state index contributed by atoms with van der Waals surface area (Å²) in [6.07, 6.45) is 3.23. The van der Waals surface area contributed by atoms with Crippen molar-refractivity contribution in [2.45, 2.75) is 39.2 Å². The quantitative estimate of drug-likeness (QED) is 0.829. The van der Waals surface area contributed by atoms with E-state index in [1.807, 2.05) is 18.2 Å². The fourth-order valence-corrected chi connectivity index (χ4v) is 1.89. The minimum absolute atomic E-state index is 0.239. The molecule has 2 N–H and O–H groups in total. The third-order valence-electron chi connectivity index (χ3n) is 2.46. The van der Waals surface area contributed by atoms with Crippen molar-refractivity contribution >= 4 is 11.6 Å². The predicted octanol–water partition coefficient (Wildman–Crippen LogP) is 3.41. The van der Waals surface area contributed by atoms with E-state index in [1.165, 1.54) is 0 Å². The van der Waals surface area contributed by atoms with Crippen molar-refractivity contribution in [3.05, 3.63) is 28.8 Å². The van der Waals surface area contributed by atoms with Crippen molar-refractivity contribution in [3.63, 3.8) is 0 Å². The first-order chi connectivity index (χ1) is 7.67. The van der Waals surface area contributed by atoms with Crippen molar-refractivity contribution in [2.24, 2.45) is 5.73 Å². The van der Waals surface area contributed by atoms with E-state index in [2.05, 4.69) is 13.8 Å². The third kappa shape index (κ3) is 4.03. The van der Waals surface area contributed by atoms with Crippen LogP contribution in [0.2, 0.25) is 5.02 Å². The Bertz CT molecular complexity index is 328. The summed E-state index contributed by atoms with van der Waals surface area (Å²) < 4.78 is 5.88. The molecule has 16 heavy (non-hydrogen) atoms. The second kappa shape index (κ2) is 6.77. The summed E-state index contributed by atoms with van der Waals surface area (Å²) in [7, 11) is 0. The smallest absolute Gasteiger partial charge is 0.123 e. The van der Waals surface area contributed by atoms with Crippen molar-refractivity contribution in [1.82, 2.24) is 0 Å². The number of benzene rings is 1. The highest BCUT2D eigenvalue weighted by molar-refractivity contribution is 6.30. The lowest BCUT2D eigenvalue weighted by molar-refractivity contribution is 0.208. The monoisotopic (exact) mass is 241 g/mol. The van der Waals surface area contributed by atoms with E-state index in [0.29, 0.717) is 6.54 Å². The van der Waals surface area contributed by atoms with Crippen LogP contribution in [0.25, 0.3) is 0 Å². The number of hydrogen-bond donors (Lipinski definition) is 1. The van der Waals surface area contributed by atoms with E-state index in [4.69, 9.17) is 22.1 Å². The number of rotatable bonds is 6. The molecule has 90 valence electrons. The van der Waals surface area contributed by atoms with Crippen molar-refractivity contribution in [3.8, 4) is 5.75 Å². The Kier molecular flexibility index (Phi) is 5.64. The highest BCUT2D eigenvalue weighted by atomic mass is 35.5. The van der Waals surface area contributed by atoms with Crippen LogP contribution in [-0.4, -0.2) is 12.6 Å². The molecular weight excluding hydrogens is 222 g/mol. The van der Waals surface area contributed by atoms with Crippen LogP contribution in [0.3, 0.4) is 0 Å². The van der Waals surface area contributed by atoms with Crippen LogP contribution in [0.1, 0.15) is 32.3 Å². The van der Waals surface area contributed by atoms with Gasteiger partial charge in [-0.1, -0.05) is 24.9 Å². The Labute approximate surface area is 103 Å². The molecule has 1 aromatic carbocycles. The molecule has 0 saturated carbocycles. The van der Waals surface area contributed by atoms with Gasteiger partial charge in [0, 0.05) is 5.02 Å². The zero-order chi connectivity index (χ0) is 12.0. The molecule has 0 bridgehead atoms. The maximum Gasteiger partial charge on any atom is 0.123 e. The van der Waals surface area contributed by atoms with Crippen LogP contribution in [0, 0.1) is 0 Å². The van der Waals surface area contributed by atoms with Gasteiger partial charge in [-0.25, -0.2) is 0 Å². The number of hydrogen-bond acceptors (Lipinski definition) is 2. The second-order valence-electron chi connectivity index (χ2n) is 4.01. The van der Waals surface area contributed by atoms with Gasteiger partial charge in [0.05, 0.1) is 6.10 Å². The summed E-state index contributed by atoms with van der Waals surface area (Å²) >= 11 is 5.95. The molecule has 0 aliphatic rings. The van der Waals surface area contributed by atoms with Crippen LogP contribution >= 0.6 is 11.6 Å². The highest BCUT2D eigenvalue weighted by Crippen LogP contribution is 2.24. The number of nitrogens with two attached hydrogens (primary N) is 1. The van der Waals surface area contributed by atoms with Crippen LogP contribution in [-0.2, 0) is 6.42 Å². The minimum atomic E-state index is 0.239. The number of halogens is 1. The van der Waals surface area contributed by atoms with Gasteiger partial charge in [0.2, 0.25) is 0 Å². The van der Waals surface area contributed by atoms with Crippen molar-refractivity contribution in [2.75, 3.05) is 6.54 Å². The van der Waals surface area contributed by atoms with E-state index >= 15 is 0 Å². The van der Waals surface area contributed by atoms with Gasteiger partial charge in [-0.2, -0.15) is 0 Å². The molecule has 1 atom stereocenters. The Balaban J connectivity index is 2.77. The second-order valence-corrected chi connectivity index (χ2v) is 4.44. The van der Waals surface area contributed by atoms with Gasteiger partial charge in [-0.05, 0) is 50.1 Å². The maximum atomic E-state index is 5.95. The first-order valence-corrected chi connectivity index (χ1v) is 6.20. The SMILES string of the molecule is CCCC(C)Oc1ccc(Cl)cc1CCN. The van der Waals surface area contributed by atoms with Crippen molar-refractivity contribution < 1.29 is 4.74 Å². The van der Waals surface area contributed by atoms with E-state index in [-0.39, 0.29) is 6.10 Å². The molecule has 0 radical (unpaired) electrons. The largest absolute Gasteiger partial charge is 0.490 e. The van der Waals surface area contributed by atoms with Gasteiger partial charge in [-0.15, -0.1) is 0 Å². The Hall–Kier alpha value is -0.730. The molecule has 0 spiro atoms. The summed E-state index contributed by atoms with van der Waals surface area (Å²) in [6, 6.07) is 5.72. The Morgan fingerprint density at radius 3 is 2.81 bits per heavy atom. The van der Waals surface area contributed by atoms with Crippen LogP contribution in [0.15, 0.2) is 18.2 Å². The first-order valence-electron chi connectivity index (χ1n) is 5.82. The minimum Gasteiger partial charge on any atom is -0.490 e. The van der Waals surface area contributed by atoms with Gasteiger partial charge in [0.1, 0.15) is 5.75 Å². The molecule has 1 aromatic rings. The molecule has 0 aromatic heterocycles. The molecule has 0 heterocycles. The van der Waals surface area contributed by atoms with Gasteiger partial charge in [0.25, 0.3) is 0 Å². The summed E-state index contributed by atoms with van der Waals surface area (Å²) in [5.74, 6) is 0.913. The van der Waals surface area contributed by atoms with E-state index in [1.54, 1.807) is 0 Å². The van der Waals surface area contributed by atoms with Gasteiger partial charge >= 0.3 is 0 Å². The predicted molar refractivity (Wildman–Crippen MR) is 69.2 cm³/mol. The molecule has 0 amide bonds. The molecule has 0 fully saturated rings. The van der Waals surface area contributed by atoms with Crippen molar-refractivity contribution in [1.29, 1.82) is 0 Å². The van der Waals surface area contributed by atoms with E-state index in [9.17, 15) is 0 Å². The lowest BCUT2D eigenvalue weighted by Gasteiger charge is -2.17. The first kappa shape index (κ1) is 13.3. The zero-order valence-corrected chi connectivity index (χ0v) is 10.8. The average molecular weight is 242 g/mol. The normalized spacial score (nSPS) is 12.5. The molecule has 1 rings (SSSR count).